The maximum Gasteiger partial charge on any atom is 0.255 e. The molecular weight excluding hydrogens is 434 g/mol. The summed E-state index contributed by atoms with van der Waals surface area (Å²) < 4.78 is 12.0. The molecular formula is C26H35N3O5. The van der Waals surface area contributed by atoms with E-state index >= 15 is 0 Å². The summed E-state index contributed by atoms with van der Waals surface area (Å²) in [6, 6.07) is 5.47. The van der Waals surface area contributed by atoms with Crippen LogP contribution in [0.15, 0.2) is 18.2 Å². The Balaban J connectivity index is 1.23. The second-order valence-electron chi connectivity index (χ2n) is 10.2. The van der Waals surface area contributed by atoms with Gasteiger partial charge in [-0.15, -0.1) is 0 Å². The molecule has 2 aliphatic heterocycles. The lowest BCUT2D eigenvalue weighted by Crippen LogP contribution is -2.52. The zero-order chi connectivity index (χ0) is 23.8. The smallest absolute Gasteiger partial charge is 0.255 e. The molecule has 8 nitrogen and oxygen atoms in total. The molecule has 0 aromatic heterocycles. The number of piperidine rings is 1. The summed E-state index contributed by atoms with van der Waals surface area (Å²) in [6.07, 6.45) is 6.82. The standard InChI is InChI=1S/C26H35N3O5/c1-3-28(14-16-11-19(12-16)33-2)21-5-4-6-23(21)34-18-7-8-20-17(13-18)15-29(26(20)32)22-9-10-24(30)27-25(22)31/h7-8,13,16,19,21-23H,3-6,9-12,14-15H2,1-2H3,(H,27,30,31)/t16-,19+,21-,22?,23-/m1/s1. The molecule has 0 bridgehead atoms. The first-order chi connectivity index (χ1) is 16.5. The molecule has 3 amide bonds. The molecule has 1 aromatic carbocycles. The van der Waals surface area contributed by atoms with Gasteiger partial charge in [-0.05, 0) is 74.8 Å². The van der Waals surface area contributed by atoms with E-state index < -0.39 is 6.04 Å². The van der Waals surface area contributed by atoms with Gasteiger partial charge in [-0.2, -0.15) is 0 Å². The number of hydrogen-bond donors (Lipinski definition) is 1. The molecule has 1 unspecified atom stereocenters. The van der Waals surface area contributed by atoms with Crippen LogP contribution in [0.4, 0.5) is 0 Å². The van der Waals surface area contributed by atoms with Gasteiger partial charge in [-0.25, -0.2) is 0 Å². The third-order valence-corrected chi connectivity index (χ3v) is 8.09. The predicted octanol–water partition coefficient (Wildman–Crippen LogP) is 2.49. The number of ether oxygens (including phenoxy) is 2. The van der Waals surface area contributed by atoms with Crippen LogP contribution in [-0.4, -0.2) is 72.0 Å². The SMILES string of the molecule is CCN(C[C@H]1C[C@@H](OC)C1)[C@@H]1CCC[C@H]1Oc1ccc2c(c1)CN(C1CCC(=O)NC1=O)C2=O. The minimum absolute atomic E-state index is 0.139. The van der Waals surface area contributed by atoms with Crippen molar-refractivity contribution in [3.05, 3.63) is 29.3 Å². The van der Waals surface area contributed by atoms with Crippen LogP contribution in [0.1, 0.15) is 67.8 Å². The average Bonchev–Trinajstić information content (AvgIpc) is 3.37. The zero-order valence-electron chi connectivity index (χ0n) is 20.1. The zero-order valence-corrected chi connectivity index (χ0v) is 20.1. The first-order valence-corrected chi connectivity index (χ1v) is 12.7. The van der Waals surface area contributed by atoms with Crippen molar-refractivity contribution in [2.24, 2.45) is 5.92 Å². The molecule has 1 aromatic rings. The van der Waals surface area contributed by atoms with Crippen molar-refractivity contribution in [2.45, 2.75) is 82.7 Å². The van der Waals surface area contributed by atoms with Crippen LogP contribution in [0.5, 0.6) is 5.75 Å². The lowest BCUT2D eigenvalue weighted by molar-refractivity contribution is -0.136. The average molecular weight is 470 g/mol. The Morgan fingerprint density at radius 2 is 1.97 bits per heavy atom. The van der Waals surface area contributed by atoms with Gasteiger partial charge in [0.05, 0.1) is 6.10 Å². The number of imide groups is 1. The van der Waals surface area contributed by atoms with Crippen molar-refractivity contribution in [1.29, 1.82) is 0 Å². The van der Waals surface area contributed by atoms with Crippen LogP contribution < -0.4 is 10.1 Å². The number of nitrogens with zero attached hydrogens (tertiary/aromatic N) is 2. The molecule has 3 fully saturated rings. The summed E-state index contributed by atoms with van der Waals surface area (Å²) in [5.74, 6) is 0.680. The number of nitrogens with one attached hydrogen (secondary N) is 1. The van der Waals surface area contributed by atoms with Crippen LogP contribution in [0, 0.1) is 5.92 Å². The number of rotatable bonds is 8. The minimum atomic E-state index is -0.594. The van der Waals surface area contributed by atoms with E-state index in [-0.39, 0.29) is 30.2 Å². The Bertz CT molecular complexity index is 960. The number of methoxy groups -OCH3 is 1. The molecule has 5 rings (SSSR count). The first-order valence-electron chi connectivity index (χ1n) is 12.7. The number of hydrogen-bond acceptors (Lipinski definition) is 6. The van der Waals surface area contributed by atoms with Crippen molar-refractivity contribution >= 4 is 17.7 Å². The van der Waals surface area contributed by atoms with Gasteiger partial charge in [0.2, 0.25) is 11.8 Å². The monoisotopic (exact) mass is 469 g/mol. The lowest BCUT2D eigenvalue weighted by Gasteiger charge is -2.40. The van der Waals surface area contributed by atoms with Crippen LogP contribution in [0.2, 0.25) is 0 Å². The highest BCUT2D eigenvalue weighted by molar-refractivity contribution is 6.05. The maximum absolute atomic E-state index is 12.9. The quantitative estimate of drug-likeness (QED) is 0.589. The summed E-state index contributed by atoms with van der Waals surface area (Å²) in [5.41, 5.74) is 1.50. The van der Waals surface area contributed by atoms with Crippen molar-refractivity contribution in [1.82, 2.24) is 15.1 Å². The van der Waals surface area contributed by atoms with E-state index in [1.54, 1.807) is 12.0 Å². The van der Waals surface area contributed by atoms with Gasteiger partial charge in [0.1, 0.15) is 17.9 Å². The van der Waals surface area contributed by atoms with Gasteiger partial charge >= 0.3 is 0 Å². The normalized spacial score (nSPS) is 31.0. The van der Waals surface area contributed by atoms with Crippen LogP contribution in [-0.2, 0) is 20.9 Å². The predicted molar refractivity (Wildman–Crippen MR) is 125 cm³/mol. The first kappa shape index (κ1) is 23.3. The van der Waals surface area contributed by atoms with E-state index in [1.807, 2.05) is 18.2 Å². The molecule has 3 atom stereocenters. The molecule has 1 saturated heterocycles. The Kier molecular flexibility index (Phi) is 6.62. The van der Waals surface area contributed by atoms with Crippen LogP contribution in [0.3, 0.4) is 0 Å². The second kappa shape index (κ2) is 9.66. The molecule has 1 N–H and O–H groups in total. The van der Waals surface area contributed by atoms with E-state index in [4.69, 9.17) is 9.47 Å². The van der Waals surface area contributed by atoms with Crippen molar-refractivity contribution in [3.63, 3.8) is 0 Å². The molecule has 2 saturated carbocycles. The summed E-state index contributed by atoms with van der Waals surface area (Å²) >= 11 is 0. The molecule has 2 heterocycles. The highest BCUT2D eigenvalue weighted by atomic mass is 16.5. The summed E-state index contributed by atoms with van der Waals surface area (Å²) in [7, 11) is 1.80. The molecule has 2 aliphatic carbocycles. The van der Waals surface area contributed by atoms with Gasteiger partial charge < -0.3 is 14.4 Å². The fourth-order valence-electron chi connectivity index (χ4n) is 6.11. The number of fused-ring (bicyclic) bond motifs is 1. The van der Waals surface area contributed by atoms with Gasteiger partial charge in [0, 0.05) is 38.2 Å². The largest absolute Gasteiger partial charge is 0.489 e. The highest BCUT2D eigenvalue weighted by Gasteiger charge is 2.40. The van der Waals surface area contributed by atoms with Crippen LogP contribution >= 0.6 is 0 Å². The van der Waals surface area contributed by atoms with Gasteiger partial charge in [0.15, 0.2) is 0 Å². The Labute approximate surface area is 200 Å². The summed E-state index contributed by atoms with van der Waals surface area (Å²) in [4.78, 5) is 40.9. The molecule has 0 radical (unpaired) electrons. The van der Waals surface area contributed by atoms with E-state index in [9.17, 15) is 14.4 Å². The Hall–Kier alpha value is -2.45. The second-order valence-corrected chi connectivity index (χ2v) is 10.2. The third-order valence-electron chi connectivity index (χ3n) is 8.09. The Morgan fingerprint density at radius 3 is 2.71 bits per heavy atom. The lowest BCUT2D eigenvalue weighted by atomic mass is 9.81. The fourth-order valence-corrected chi connectivity index (χ4v) is 6.11. The summed E-state index contributed by atoms with van der Waals surface area (Å²) in [5, 5.41) is 2.35. The van der Waals surface area contributed by atoms with Gasteiger partial charge in [-0.3, -0.25) is 24.6 Å². The highest BCUT2D eigenvalue weighted by Crippen LogP contribution is 2.35. The third kappa shape index (κ3) is 4.45. The summed E-state index contributed by atoms with van der Waals surface area (Å²) in [6.45, 7) is 4.71. The number of amides is 3. The fraction of sp³-hybridized carbons (Fsp3) is 0.654. The van der Waals surface area contributed by atoms with Crippen LogP contribution in [0.25, 0.3) is 0 Å². The van der Waals surface area contributed by atoms with Crippen molar-refractivity contribution in [2.75, 3.05) is 20.2 Å². The van der Waals surface area contributed by atoms with E-state index in [0.29, 0.717) is 36.6 Å². The molecule has 0 spiro atoms. The van der Waals surface area contributed by atoms with Crippen molar-refractivity contribution < 1.29 is 23.9 Å². The van der Waals surface area contributed by atoms with E-state index in [0.717, 1.165) is 56.5 Å². The minimum Gasteiger partial charge on any atom is -0.489 e. The van der Waals surface area contributed by atoms with Gasteiger partial charge in [-0.1, -0.05) is 6.92 Å². The maximum atomic E-state index is 12.9. The van der Waals surface area contributed by atoms with E-state index in [1.165, 1.54) is 0 Å². The Morgan fingerprint density at radius 1 is 1.15 bits per heavy atom. The van der Waals surface area contributed by atoms with Gasteiger partial charge in [0.25, 0.3) is 5.91 Å². The number of likely N-dealkylation sites (N-methyl/N-ethyl adjacent to an activating group) is 1. The van der Waals surface area contributed by atoms with E-state index in [2.05, 4.69) is 17.1 Å². The number of carbonyl (C=O) groups is 3. The molecule has 4 aliphatic rings. The molecule has 8 heteroatoms. The van der Waals surface area contributed by atoms with Crippen molar-refractivity contribution in [3.8, 4) is 5.75 Å². The number of benzene rings is 1. The molecule has 34 heavy (non-hydrogen) atoms. The molecule has 184 valence electrons. The topological polar surface area (TPSA) is 88.2 Å². The number of carbonyl (C=O) groups excluding carboxylic acids is 3.